The molecular formula is C54H53N3O. The van der Waals surface area contributed by atoms with Gasteiger partial charge in [0.2, 0.25) is 0 Å². The van der Waals surface area contributed by atoms with Crippen LogP contribution in [0.3, 0.4) is 0 Å². The Morgan fingerprint density at radius 3 is 1.98 bits per heavy atom. The van der Waals surface area contributed by atoms with Crippen molar-refractivity contribution in [1.82, 2.24) is 14.5 Å². The fourth-order valence-electron chi connectivity index (χ4n) is 7.12. The third-order valence-electron chi connectivity index (χ3n) is 10.2. The number of pyridine rings is 1. The first-order chi connectivity index (χ1) is 34.2. The average Bonchev–Trinajstić information content (AvgIpc) is 3.69. The number of benzene rings is 6. The number of rotatable bonds is 6. The van der Waals surface area contributed by atoms with Crippen LogP contribution in [0.1, 0.15) is 101 Å². The highest BCUT2D eigenvalue weighted by Crippen LogP contribution is 2.42. The molecular weight excluding hydrogens is 707 g/mol. The van der Waals surface area contributed by atoms with Crippen LogP contribution in [0.15, 0.2) is 152 Å². The second-order valence-electron chi connectivity index (χ2n) is 16.6. The van der Waals surface area contributed by atoms with Gasteiger partial charge >= 0.3 is 0 Å². The topological polar surface area (TPSA) is 50.9 Å². The Morgan fingerprint density at radius 2 is 1.28 bits per heavy atom. The number of phenols is 1. The Labute approximate surface area is 366 Å². The second-order valence-corrected chi connectivity index (χ2v) is 16.6. The van der Waals surface area contributed by atoms with E-state index in [1.807, 2.05) is 73.9 Å². The summed E-state index contributed by atoms with van der Waals surface area (Å²) in [6, 6.07) is 28.2. The van der Waals surface area contributed by atoms with E-state index in [9.17, 15) is 6.48 Å². The number of para-hydroxylation sites is 2. The largest absolute Gasteiger partial charge is 0.507 e. The molecule has 6 aromatic carbocycles. The van der Waals surface area contributed by atoms with Gasteiger partial charge in [-0.1, -0.05) is 153 Å². The lowest BCUT2D eigenvalue weighted by Crippen LogP contribution is -2.16. The maximum atomic E-state index is 11.4. The van der Waals surface area contributed by atoms with Crippen LogP contribution in [0.5, 0.6) is 5.75 Å². The zero-order chi connectivity index (χ0) is 54.6. The molecule has 0 saturated heterocycles. The first kappa shape index (κ1) is 23.8. The Morgan fingerprint density at radius 1 is 0.569 bits per heavy atom. The molecule has 0 spiro atoms. The zero-order valence-electron chi connectivity index (χ0n) is 49.2. The van der Waals surface area contributed by atoms with Crippen molar-refractivity contribution in [2.75, 3.05) is 0 Å². The zero-order valence-corrected chi connectivity index (χ0v) is 33.2. The fraction of sp³-hybridized carbons (Fsp3) is 0.222. The quantitative estimate of drug-likeness (QED) is 0.183. The van der Waals surface area contributed by atoms with Gasteiger partial charge in [0, 0.05) is 29.6 Å². The third-order valence-corrected chi connectivity index (χ3v) is 10.2. The Kier molecular flexibility index (Phi) is 6.00. The van der Waals surface area contributed by atoms with Gasteiger partial charge in [-0.3, -0.25) is 9.55 Å². The SMILES string of the molecule is [2H]c1nc(-c2cc(-c3cccc4c3nc(-c3ccccc3O)n4-c3ccc(-c4ccccc4)cc3C(C)(C)C)cc(C(C)(C)C)c2)c([2H])c(-c2c([2H])c([2H])c(C(C([2H])([2H])[2H])(C([2H])([2H])[2H])C([2H])([2H])[2H])c([2H])c2[2H])c1[2H]. The minimum absolute atomic E-state index is 0.0114. The second kappa shape index (κ2) is 14.6. The van der Waals surface area contributed by atoms with Gasteiger partial charge in [0.25, 0.3) is 0 Å². The predicted octanol–water partition coefficient (Wildman–Crippen LogP) is 14.4. The van der Waals surface area contributed by atoms with Gasteiger partial charge in [-0.2, -0.15) is 0 Å². The number of hydrogen-bond acceptors (Lipinski definition) is 3. The number of nitrogens with zero attached hydrogens (tertiary/aromatic N) is 3. The summed E-state index contributed by atoms with van der Waals surface area (Å²) in [6.07, 6.45) is -0.724. The van der Waals surface area contributed by atoms with Crippen molar-refractivity contribution in [2.45, 2.75) is 78.3 Å². The molecule has 1 N–H and O–H groups in total. The standard InChI is InChI=1S/C54H53N3O/c1-52(2,3)41-25-22-36(23-26-41)38-28-29-55-46(34-38)40-30-39(31-42(32-40)53(4,5)6)43-19-15-20-48-50(43)56-51(44-18-13-14-21-49(44)58)57(48)47-27-24-37(33-45(47)54(7,8)9)35-16-11-10-12-17-35/h10-34,58H,1-9H3/i1D3,2D3,3D3,22D,23D,25D,26D,28D,29D,34D. The van der Waals surface area contributed by atoms with E-state index < -0.39 is 90.5 Å². The highest BCUT2D eigenvalue weighted by Gasteiger charge is 2.26. The first-order valence-electron chi connectivity index (χ1n) is 27.0. The van der Waals surface area contributed by atoms with Crippen LogP contribution in [0.2, 0.25) is 0 Å². The van der Waals surface area contributed by atoms with E-state index in [4.69, 9.17) is 25.5 Å². The molecule has 0 unspecified atom stereocenters. The average molecular weight is 776 g/mol. The fourth-order valence-corrected chi connectivity index (χ4v) is 7.12. The summed E-state index contributed by atoms with van der Waals surface area (Å²) in [5, 5.41) is 11.4. The van der Waals surface area contributed by atoms with Crippen LogP contribution >= 0.6 is 0 Å². The van der Waals surface area contributed by atoms with Gasteiger partial charge in [0.05, 0.1) is 37.6 Å². The van der Waals surface area contributed by atoms with Crippen molar-refractivity contribution in [3.05, 3.63) is 168 Å². The Bertz CT molecular complexity index is 3460. The lowest BCUT2D eigenvalue weighted by molar-refractivity contribution is 0.477. The van der Waals surface area contributed by atoms with Crippen LogP contribution in [-0.4, -0.2) is 19.6 Å². The summed E-state index contributed by atoms with van der Waals surface area (Å²) >= 11 is 0. The van der Waals surface area contributed by atoms with E-state index in [0.717, 1.165) is 27.9 Å². The van der Waals surface area contributed by atoms with Crippen molar-refractivity contribution < 1.29 is 27.0 Å². The van der Waals surface area contributed by atoms with E-state index >= 15 is 0 Å². The molecule has 58 heavy (non-hydrogen) atoms. The van der Waals surface area contributed by atoms with Gasteiger partial charge in [0.15, 0.2) is 0 Å². The molecule has 0 aliphatic rings. The maximum Gasteiger partial charge on any atom is 0.149 e. The van der Waals surface area contributed by atoms with Crippen LogP contribution in [0, 0.1) is 0 Å². The smallest absolute Gasteiger partial charge is 0.149 e. The summed E-state index contributed by atoms with van der Waals surface area (Å²) in [6.45, 7) is 0.575. The number of aromatic nitrogens is 3. The number of phenolic OH excluding ortho intramolecular Hbond substituents is 1. The molecule has 0 fully saturated rings. The first-order valence-corrected chi connectivity index (χ1v) is 19.0. The predicted molar refractivity (Wildman–Crippen MR) is 244 cm³/mol. The lowest BCUT2D eigenvalue weighted by atomic mass is 9.83. The van der Waals surface area contributed by atoms with Gasteiger partial charge in [-0.15, -0.1) is 0 Å². The number of hydrogen-bond donors (Lipinski definition) is 1. The summed E-state index contributed by atoms with van der Waals surface area (Å²) in [5.74, 6) is 0.470. The van der Waals surface area contributed by atoms with Crippen molar-refractivity contribution in [1.29, 1.82) is 0 Å². The monoisotopic (exact) mass is 776 g/mol. The number of aromatic hydroxyl groups is 1. The van der Waals surface area contributed by atoms with Crippen molar-refractivity contribution in [3.63, 3.8) is 0 Å². The van der Waals surface area contributed by atoms with Crippen LogP contribution in [0.4, 0.5) is 0 Å². The Hall–Kier alpha value is -6.26. The maximum absolute atomic E-state index is 11.4. The van der Waals surface area contributed by atoms with E-state index in [0.29, 0.717) is 33.5 Å². The van der Waals surface area contributed by atoms with E-state index in [1.165, 1.54) is 0 Å². The van der Waals surface area contributed by atoms with Gasteiger partial charge < -0.3 is 5.11 Å². The molecule has 0 aliphatic carbocycles. The molecule has 2 aromatic heterocycles. The van der Waals surface area contributed by atoms with Crippen LogP contribution in [0.25, 0.3) is 72.7 Å². The minimum Gasteiger partial charge on any atom is -0.507 e. The number of fused-ring (bicyclic) bond motifs is 1. The van der Waals surface area contributed by atoms with E-state index in [-0.39, 0.29) is 22.4 Å². The van der Waals surface area contributed by atoms with E-state index in [1.54, 1.807) is 30.3 Å². The van der Waals surface area contributed by atoms with Gasteiger partial charge in [0.1, 0.15) is 11.6 Å². The molecule has 8 rings (SSSR count). The molecule has 8 aromatic rings. The molecule has 0 amide bonds. The highest BCUT2D eigenvalue weighted by atomic mass is 16.3. The normalized spacial score (nSPS) is 16.9. The molecule has 290 valence electrons. The molecule has 0 saturated carbocycles. The molecule has 2 heterocycles. The minimum atomic E-state index is -3.92. The van der Waals surface area contributed by atoms with Crippen molar-refractivity contribution in [2.24, 2.45) is 0 Å². The molecule has 0 atom stereocenters. The molecule has 0 radical (unpaired) electrons. The van der Waals surface area contributed by atoms with Crippen LogP contribution in [-0.2, 0) is 16.2 Å². The van der Waals surface area contributed by atoms with Gasteiger partial charge in [-0.25, -0.2) is 4.98 Å². The number of imidazole rings is 1. The summed E-state index contributed by atoms with van der Waals surface area (Å²) in [4.78, 5) is 9.69. The molecule has 4 nitrogen and oxygen atoms in total. The van der Waals surface area contributed by atoms with E-state index in [2.05, 4.69) is 56.1 Å². The van der Waals surface area contributed by atoms with Gasteiger partial charge in [-0.05, 0) is 115 Å². The molecule has 0 bridgehead atoms. The highest BCUT2D eigenvalue weighted by molar-refractivity contribution is 5.97. The lowest BCUT2D eigenvalue weighted by Gasteiger charge is -2.25. The third kappa shape index (κ3) is 7.47. The van der Waals surface area contributed by atoms with Crippen LogP contribution < -0.4 is 0 Å². The summed E-state index contributed by atoms with van der Waals surface area (Å²) < 4.78 is 140. The van der Waals surface area contributed by atoms with Crippen molar-refractivity contribution in [3.8, 4) is 67.5 Å². The summed E-state index contributed by atoms with van der Waals surface area (Å²) in [7, 11) is 0. The molecule has 0 aliphatic heterocycles. The molecule has 4 heteroatoms. The van der Waals surface area contributed by atoms with Crippen molar-refractivity contribution >= 4 is 11.0 Å². The summed E-state index contributed by atoms with van der Waals surface area (Å²) in [5.41, 5.74) is 0.0651. The Balaban J connectivity index is 1.40.